The number of anilines is 1. The fraction of sp³-hybridized carbons (Fsp3) is 0.133. The third-order valence-electron chi connectivity index (χ3n) is 6.27. The zero-order valence-electron chi connectivity index (χ0n) is 21.0. The van der Waals surface area contributed by atoms with Gasteiger partial charge in [0.15, 0.2) is 0 Å². The van der Waals surface area contributed by atoms with Crippen LogP contribution in [0.5, 0.6) is 0 Å². The Bertz CT molecular complexity index is 1780. The largest absolute Gasteiger partial charge is 0.383 e. The Kier molecular flexibility index (Phi) is 6.85. The molecule has 0 aliphatic rings. The highest BCUT2D eigenvalue weighted by molar-refractivity contribution is 6.09. The molecule has 0 saturated heterocycles. The standard InChI is InChI=1S/C30H26N6O2/c1-19(35-29(37)26-27-22(12-8-16-33-27)18-34-28(26)31)24-17-21-10-6-9-20(11-7-15-32-2)25(21)30(38)36(24)23-13-4-3-5-14-23/h3-6,8-10,12-14,16-19,32H,15H2,1-2H3,(H2,31,34)(H,35,37)/t19-/m0/s1. The van der Waals surface area contributed by atoms with Crippen LogP contribution in [0.1, 0.15) is 34.6 Å². The molecule has 4 N–H and O–H groups in total. The molecule has 1 amide bonds. The smallest absolute Gasteiger partial charge is 0.264 e. The fourth-order valence-corrected chi connectivity index (χ4v) is 4.50. The van der Waals surface area contributed by atoms with Crippen LogP contribution in [0.15, 0.2) is 83.9 Å². The molecular formula is C30H26N6O2. The van der Waals surface area contributed by atoms with Crippen molar-refractivity contribution in [1.82, 2.24) is 25.2 Å². The minimum absolute atomic E-state index is 0.0876. The van der Waals surface area contributed by atoms with E-state index in [1.165, 1.54) is 0 Å². The third kappa shape index (κ3) is 4.59. The molecule has 0 aliphatic carbocycles. The SMILES string of the molecule is CNCC#Cc1cccc2cc([C@H](C)NC(=O)c3c(N)ncc4cccnc34)n(-c3ccccc3)c(=O)c12. The number of hydrogen-bond donors (Lipinski definition) is 3. The van der Waals surface area contributed by atoms with Crippen molar-refractivity contribution in [3.63, 3.8) is 0 Å². The minimum atomic E-state index is -0.558. The number of nitrogens with one attached hydrogen (secondary N) is 2. The molecule has 0 spiro atoms. The maximum absolute atomic E-state index is 14.0. The van der Waals surface area contributed by atoms with Crippen LogP contribution < -0.4 is 21.9 Å². The topological polar surface area (TPSA) is 115 Å². The first-order valence-corrected chi connectivity index (χ1v) is 12.2. The number of benzene rings is 2. The third-order valence-corrected chi connectivity index (χ3v) is 6.27. The van der Waals surface area contributed by atoms with Gasteiger partial charge < -0.3 is 16.4 Å². The highest BCUT2D eigenvalue weighted by atomic mass is 16.2. The van der Waals surface area contributed by atoms with Gasteiger partial charge in [-0.05, 0) is 55.8 Å². The molecule has 38 heavy (non-hydrogen) atoms. The summed E-state index contributed by atoms with van der Waals surface area (Å²) in [5.41, 5.74) is 8.50. The van der Waals surface area contributed by atoms with E-state index in [0.717, 1.165) is 5.39 Å². The van der Waals surface area contributed by atoms with Crippen LogP contribution in [-0.2, 0) is 0 Å². The molecule has 0 unspecified atom stereocenters. The van der Waals surface area contributed by atoms with Crippen molar-refractivity contribution in [2.75, 3.05) is 19.3 Å². The van der Waals surface area contributed by atoms with Crippen molar-refractivity contribution in [2.45, 2.75) is 13.0 Å². The highest BCUT2D eigenvalue weighted by Crippen LogP contribution is 2.25. The maximum atomic E-state index is 14.0. The molecule has 5 rings (SSSR count). The average molecular weight is 503 g/mol. The molecule has 8 nitrogen and oxygen atoms in total. The summed E-state index contributed by atoms with van der Waals surface area (Å²) in [7, 11) is 1.82. The number of para-hydroxylation sites is 1. The summed E-state index contributed by atoms with van der Waals surface area (Å²) in [6.45, 7) is 2.34. The van der Waals surface area contributed by atoms with Crippen LogP contribution in [0.3, 0.4) is 0 Å². The number of pyridine rings is 3. The number of fused-ring (bicyclic) bond motifs is 2. The van der Waals surface area contributed by atoms with E-state index in [1.807, 2.05) is 74.6 Å². The molecule has 0 radical (unpaired) electrons. The van der Waals surface area contributed by atoms with Crippen molar-refractivity contribution in [3.05, 3.63) is 106 Å². The number of nitrogens with zero attached hydrogens (tertiary/aromatic N) is 3. The molecule has 2 aromatic carbocycles. The van der Waals surface area contributed by atoms with Gasteiger partial charge in [0.25, 0.3) is 11.5 Å². The molecule has 3 aromatic heterocycles. The Morgan fingerprint density at radius 3 is 2.63 bits per heavy atom. The lowest BCUT2D eigenvalue weighted by molar-refractivity contribution is 0.0941. The van der Waals surface area contributed by atoms with Gasteiger partial charge in [-0.25, -0.2) is 4.98 Å². The van der Waals surface area contributed by atoms with Gasteiger partial charge in [-0.15, -0.1) is 0 Å². The number of carbonyl (C=O) groups excluding carboxylic acids is 1. The number of hydrogen-bond acceptors (Lipinski definition) is 6. The van der Waals surface area contributed by atoms with Gasteiger partial charge in [-0.1, -0.05) is 42.2 Å². The summed E-state index contributed by atoms with van der Waals surface area (Å²) in [6.07, 6.45) is 3.20. The van der Waals surface area contributed by atoms with Gasteiger partial charge in [-0.3, -0.25) is 19.1 Å². The second-order valence-electron chi connectivity index (χ2n) is 8.80. The van der Waals surface area contributed by atoms with Gasteiger partial charge in [0, 0.05) is 34.7 Å². The van der Waals surface area contributed by atoms with Crippen LogP contribution in [-0.4, -0.2) is 34.0 Å². The highest BCUT2D eigenvalue weighted by Gasteiger charge is 2.22. The quantitative estimate of drug-likeness (QED) is 0.317. The summed E-state index contributed by atoms with van der Waals surface area (Å²) < 4.78 is 1.62. The lowest BCUT2D eigenvalue weighted by atomic mass is 10.0. The summed E-state index contributed by atoms with van der Waals surface area (Å²) in [5.74, 6) is 5.81. The molecule has 0 aliphatic heterocycles. The lowest BCUT2D eigenvalue weighted by Gasteiger charge is -2.21. The zero-order chi connectivity index (χ0) is 26.6. The van der Waals surface area contributed by atoms with Crippen LogP contribution in [0.2, 0.25) is 0 Å². The number of carbonyl (C=O) groups is 1. The fourth-order valence-electron chi connectivity index (χ4n) is 4.50. The number of amides is 1. The number of nitrogens with two attached hydrogens (primary N) is 1. The summed E-state index contributed by atoms with van der Waals surface area (Å²) in [5, 5.41) is 7.97. The average Bonchev–Trinajstić information content (AvgIpc) is 2.93. The second kappa shape index (κ2) is 10.5. The molecular weight excluding hydrogens is 476 g/mol. The normalized spacial score (nSPS) is 11.6. The van der Waals surface area contributed by atoms with Crippen LogP contribution in [0.25, 0.3) is 27.4 Å². The van der Waals surface area contributed by atoms with E-state index in [2.05, 4.69) is 32.4 Å². The van der Waals surface area contributed by atoms with Crippen molar-refractivity contribution >= 4 is 33.4 Å². The van der Waals surface area contributed by atoms with Crippen molar-refractivity contribution in [1.29, 1.82) is 0 Å². The summed E-state index contributed by atoms with van der Waals surface area (Å²) >= 11 is 0. The molecule has 8 heteroatoms. The van der Waals surface area contributed by atoms with Crippen LogP contribution in [0.4, 0.5) is 5.82 Å². The van der Waals surface area contributed by atoms with E-state index in [4.69, 9.17) is 5.73 Å². The van der Waals surface area contributed by atoms with Crippen LogP contribution in [0, 0.1) is 11.8 Å². The first-order chi connectivity index (χ1) is 18.5. The lowest BCUT2D eigenvalue weighted by Crippen LogP contribution is -2.33. The van der Waals surface area contributed by atoms with Gasteiger partial charge in [0.05, 0.1) is 23.5 Å². The van der Waals surface area contributed by atoms with Crippen molar-refractivity contribution in [3.8, 4) is 17.5 Å². The van der Waals surface area contributed by atoms with E-state index in [0.29, 0.717) is 39.8 Å². The Balaban J connectivity index is 1.65. The maximum Gasteiger partial charge on any atom is 0.264 e. The van der Waals surface area contributed by atoms with Crippen LogP contribution >= 0.6 is 0 Å². The summed E-state index contributed by atoms with van der Waals surface area (Å²) in [4.78, 5) is 36.0. The number of nitrogen functional groups attached to an aromatic ring is 1. The Hall–Kier alpha value is -5.00. The Morgan fingerprint density at radius 2 is 1.84 bits per heavy atom. The van der Waals surface area contributed by atoms with E-state index < -0.39 is 11.9 Å². The predicted molar refractivity (Wildman–Crippen MR) is 150 cm³/mol. The molecule has 0 bridgehead atoms. The van der Waals surface area contributed by atoms with E-state index in [9.17, 15) is 9.59 Å². The molecule has 1 atom stereocenters. The Labute approximate surface area is 219 Å². The molecule has 188 valence electrons. The Morgan fingerprint density at radius 1 is 1.05 bits per heavy atom. The molecule has 0 fully saturated rings. The van der Waals surface area contributed by atoms with Gasteiger partial charge in [-0.2, -0.15) is 0 Å². The van der Waals surface area contributed by atoms with Gasteiger partial charge in [0.2, 0.25) is 0 Å². The minimum Gasteiger partial charge on any atom is -0.383 e. The first-order valence-electron chi connectivity index (χ1n) is 12.2. The first kappa shape index (κ1) is 24.7. The molecule has 3 heterocycles. The van der Waals surface area contributed by atoms with Crippen molar-refractivity contribution < 1.29 is 4.79 Å². The number of aromatic nitrogens is 3. The van der Waals surface area contributed by atoms with Gasteiger partial charge >= 0.3 is 0 Å². The van der Waals surface area contributed by atoms with E-state index >= 15 is 0 Å². The zero-order valence-corrected chi connectivity index (χ0v) is 21.0. The number of rotatable bonds is 5. The monoisotopic (exact) mass is 502 g/mol. The molecule has 5 aromatic rings. The van der Waals surface area contributed by atoms with E-state index in [-0.39, 0.29) is 16.9 Å². The predicted octanol–water partition coefficient (Wildman–Crippen LogP) is 3.58. The van der Waals surface area contributed by atoms with Crippen molar-refractivity contribution in [2.24, 2.45) is 0 Å². The van der Waals surface area contributed by atoms with Gasteiger partial charge in [0.1, 0.15) is 11.4 Å². The summed E-state index contributed by atoms with van der Waals surface area (Å²) in [6, 6.07) is 19.9. The second-order valence-corrected chi connectivity index (χ2v) is 8.80. The van der Waals surface area contributed by atoms with E-state index in [1.54, 1.807) is 23.0 Å². The molecule has 0 saturated carbocycles.